The lowest BCUT2D eigenvalue weighted by molar-refractivity contribution is -0.131. The van der Waals surface area contributed by atoms with E-state index in [2.05, 4.69) is 57.3 Å². The molecule has 3 heteroatoms. The molecule has 0 radical (unpaired) electrons. The van der Waals surface area contributed by atoms with Gasteiger partial charge in [-0.2, -0.15) is 0 Å². The molecule has 2 rings (SSSR count). The van der Waals surface area contributed by atoms with Crippen LogP contribution in [-0.2, 0) is 4.79 Å². The Morgan fingerprint density at radius 2 is 2.05 bits per heavy atom. The molecule has 0 bridgehead atoms. The standard InChI is InChI=1S/C17H26N2O/c1-13-8-5-6-9-14(13)15-10-7-11-19(15)16(20)12-18-17(2,3)4/h5-6,8-9,15,18H,7,10-12H2,1-4H3. The molecule has 1 atom stereocenters. The lowest BCUT2D eigenvalue weighted by atomic mass is 9.99. The third-order valence-corrected chi connectivity index (χ3v) is 3.89. The smallest absolute Gasteiger partial charge is 0.237 e. The molecule has 110 valence electrons. The minimum atomic E-state index is -0.0203. The number of rotatable bonds is 3. The van der Waals surface area contributed by atoms with Crippen LogP contribution in [0.3, 0.4) is 0 Å². The lowest BCUT2D eigenvalue weighted by Gasteiger charge is -2.28. The van der Waals surface area contributed by atoms with Gasteiger partial charge in [0, 0.05) is 12.1 Å². The molecule has 1 heterocycles. The summed E-state index contributed by atoms with van der Waals surface area (Å²) in [5.74, 6) is 0.214. The summed E-state index contributed by atoms with van der Waals surface area (Å²) in [5, 5.41) is 3.29. The van der Waals surface area contributed by atoms with Crippen molar-refractivity contribution in [3.05, 3.63) is 35.4 Å². The third kappa shape index (κ3) is 3.60. The zero-order valence-corrected chi connectivity index (χ0v) is 13.1. The second-order valence-corrected chi connectivity index (χ2v) is 6.71. The summed E-state index contributed by atoms with van der Waals surface area (Å²) in [5.41, 5.74) is 2.56. The van der Waals surface area contributed by atoms with Crippen molar-refractivity contribution in [3.8, 4) is 0 Å². The molecule has 0 saturated carbocycles. The summed E-state index contributed by atoms with van der Waals surface area (Å²) in [7, 11) is 0. The number of hydrogen-bond acceptors (Lipinski definition) is 2. The number of nitrogens with one attached hydrogen (secondary N) is 1. The fourth-order valence-electron chi connectivity index (χ4n) is 2.79. The van der Waals surface area contributed by atoms with E-state index in [9.17, 15) is 4.79 Å². The van der Waals surface area contributed by atoms with E-state index in [1.165, 1.54) is 11.1 Å². The molecule has 20 heavy (non-hydrogen) atoms. The number of nitrogens with zero attached hydrogens (tertiary/aromatic N) is 1. The van der Waals surface area contributed by atoms with Crippen LogP contribution in [0, 0.1) is 6.92 Å². The average molecular weight is 274 g/mol. The van der Waals surface area contributed by atoms with Crippen LogP contribution in [0.4, 0.5) is 0 Å². The van der Waals surface area contributed by atoms with Crippen molar-refractivity contribution >= 4 is 5.91 Å². The van der Waals surface area contributed by atoms with Crippen molar-refractivity contribution in [1.82, 2.24) is 10.2 Å². The van der Waals surface area contributed by atoms with Crippen LogP contribution >= 0.6 is 0 Å². The molecule has 1 aliphatic rings. The molecule has 3 nitrogen and oxygen atoms in total. The van der Waals surface area contributed by atoms with Gasteiger partial charge in [-0.3, -0.25) is 4.79 Å². The van der Waals surface area contributed by atoms with Gasteiger partial charge < -0.3 is 10.2 Å². The number of aryl methyl sites for hydroxylation is 1. The van der Waals surface area contributed by atoms with Crippen LogP contribution in [0.25, 0.3) is 0 Å². The van der Waals surface area contributed by atoms with Gasteiger partial charge in [0.25, 0.3) is 0 Å². The Balaban J connectivity index is 2.08. The third-order valence-electron chi connectivity index (χ3n) is 3.89. The number of amides is 1. The Labute approximate surface area is 122 Å². The van der Waals surface area contributed by atoms with E-state index in [0.29, 0.717) is 6.54 Å². The molecule has 1 saturated heterocycles. The molecule has 0 aliphatic carbocycles. The van der Waals surface area contributed by atoms with Crippen molar-refractivity contribution in [3.63, 3.8) is 0 Å². The summed E-state index contributed by atoms with van der Waals surface area (Å²) < 4.78 is 0. The zero-order chi connectivity index (χ0) is 14.8. The maximum atomic E-state index is 12.5. The van der Waals surface area contributed by atoms with E-state index in [-0.39, 0.29) is 17.5 Å². The minimum absolute atomic E-state index is 0.0203. The molecular formula is C17H26N2O. The molecule has 1 amide bonds. The van der Waals surface area contributed by atoms with Crippen molar-refractivity contribution in [2.75, 3.05) is 13.1 Å². The second kappa shape index (κ2) is 5.96. The predicted molar refractivity (Wildman–Crippen MR) is 82.6 cm³/mol. The Bertz CT molecular complexity index is 476. The summed E-state index contributed by atoms with van der Waals surface area (Å²) in [4.78, 5) is 14.5. The van der Waals surface area contributed by atoms with Gasteiger partial charge in [-0.25, -0.2) is 0 Å². The number of benzene rings is 1. The lowest BCUT2D eigenvalue weighted by Crippen LogP contribution is -2.44. The number of carbonyl (C=O) groups is 1. The molecule has 1 aromatic rings. The molecule has 1 N–H and O–H groups in total. The molecule has 1 aliphatic heterocycles. The van der Waals surface area contributed by atoms with Crippen LogP contribution in [0.2, 0.25) is 0 Å². The molecule has 1 fully saturated rings. The Kier molecular flexibility index (Phi) is 4.48. The first-order chi connectivity index (χ1) is 9.38. The number of carbonyl (C=O) groups excluding carboxylic acids is 1. The molecular weight excluding hydrogens is 248 g/mol. The van der Waals surface area contributed by atoms with Crippen LogP contribution < -0.4 is 5.32 Å². The van der Waals surface area contributed by atoms with E-state index in [1.807, 2.05) is 4.90 Å². The monoisotopic (exact) mass is 274 g/mol. The summed E-state index contributed by atoms with van der Waals surface area (Å²) in [6.07, 6.45) is 2.17. The Morgan fingerprint density at radius 1 is 1.35 bits per heavy atom. The van der Waals surface area contributed by atoms with Crippen molar-refractivity contribution in [2.45, 2.75) is 52.1 Å². The Morgan fingerprint density at radius 3 is 2.70 bits per heavy atom. The summed E-state index contributed by atoms with van der Waals surface area (Å²) in [6, 6.07) is 8.66. The van der Waals surface area contributed by atoms with Gasteiger partial charge in [0.05, 0.1) is 12.6 Å². The van der Waals surface area contributed by atoms with Gasteiger partial charge in [0.2, 0.25) is 5.91 Å². The fourth-order valence-corrected chi connectivity index (χ4v) is 2.79. The molecule has 1 unspecified atom stereocenters. The first kappa shape index (κ1) is 15.0. The van der Waals surface area contributed by atoms with Gasteiger partial charge in [-0.1, -0.05) is 24.3 Å². The highest BCUT2D eigenvalue weighted by Gasteiger charge is 2.30. The maximum Gasteiger partial charge on any atom is 0.237 e. The maximum absolute atomic E-state index is 12.5. The zero-order valence-electron chi connectivity index (χ0n) is 13.1. The van der Waals surface area contributed by atoms with Crippen molar-refractivity contribution in [1.29, 1.82) is 0 Å². The SMILES string of the molecule is Cc1ccccc1C1CCCN1C(=O)CNC(C)(C)C. The highest BCUT2D eigenvalue weighted by atomic mass is 16.2. The summed E-state index contributed by atoms with van der Waals surface area (Å²) in [6.45, 7) is 9.69. The summed E-state index contributed by atoms with van der Waals surface area (Å²) >= 11 is 0. The first-order valence-electron chi connectivity index (χ1n) is 7.48. The van der Waals surface area contributed by atoms with Gasteiger partial charge in [-0.15, -0.1) is 0 Å². The fraction of sp³-hybridized carbons (Fsp3) is 0.588. The van der Waals surface area contributed by atoms with Crippen molar-refractivity contribution in [2.24, 2.45) is 0 Å². The molecule has 1 aromatic carbocycles. The van der Waals surface area contributed by atoms with E-state index in [4.69, 9.17) is 0 Å². The normalized spacial score (nSPS) is 19.4. The Hall–Kier alpha value is -1.35. The average Bonchev–Trinajstić information content (AvgIpc) is 2.84. The first-order valence-corrected chi connectivity index (χ1v) is 7.48. The van der Waals surface area contributed by atoms with Gasteiger partial charge in [0.15, 0.2) is 0 Å². The number of hydrogen-bond donors (Lipinski definition) is 1. The molecule has 0 spiro atoms. The topological polar surface area (TPSA) is 32.3 Å². The highest BCUT2D eigenvalue weighted by Crippen LogP contribution is 2.33. The quantitative estimate of drug-likeness (QED) is 0.919. The highest BCUT2D eigenvalue weighted by molar-refractivity contribution is 5.79. The van der Waals surface area contributed by atoms with Crippen LogP contribution in [-0.4, -0.2) is 29.4 Å². The van der Waals surface area contributed by atoms with E-state index >= 15 is 0 Å². The van der Waals surface area contributed by atoms with E-state index in [1.54, 1.807) is 0 Å². The van der Waals surface area contributed by atoms with Crippen LogP contribution in [0.1, 0.15) is 50.8 Å². The van der Waals surface area contributed by atoms with Gasteiger partial charge >= 0.3 is 0 Å². The van der Waals surface area contributed by atoms with E-state index < -0.39 is 0 Å². The van der Waals surface area contributed by atoms with Crippen molar-refractivity contribution < 1.29 is 4.79 Å². The van der Waals surface area contributed by atoms with Crippen LogP contribution in [0.5, 0.6) is 0 Å². The second-order valence-electron chi connectivity index (χ2n) is 6.71. The van der Waals surface area contributed by atoms with E-state index in [0.717, 1.165) is 19.4 Å². The van der Waals surface area contributed by atoms with Gasteiger partial charge in [-0.05, 0) is 51.7 Å². The number of likely N-dealkylation sites (tertiary alicyclic amines) is 1. The largest absolute Gasteiger partial charge is 0.335 e. The van der Waals surface area contributed by atoms with Crippen LogP contribution in [0.15, 0.2) is 24.3 Å². The predicted octanol–water partition coefficient (Wildman–Crippen LogP) is 3.05. The van der Waals surface area contributed by atoms with Gasteiger partial charge in [0.1, 0.15) is 0 Å². The minimum Gasteiger partial charge on any atom is -0.335 e. The molecule has 0 aromatic heterocycles.